The Bertz CT molecular complexity index is 399. The number of hydrogen-bond donors (Lipinski definition) is 1. The molecule has 0 saturated carbocycles. The van der Waals surface area contributed by atoms with Crippen LogP contribution in [0.1, 0.15) is 58.8 Å². The van der Waals surface area contributed by atoms with E-state index in [0.29, 0.717) is 12.0 Å². The van der Waals surface area contributed by atoms with Crippen molar-refractivity contribution < 1.29 is 0 Å². The maximum absolute atomic E-state index is 6.51. The van der Waals surface area contributed by atoms with Crippen LogP contribution in [-0.2, 0) is 19.4 Å². The first-order valence-corrected chi connectivity index (χ1v) is 8.38. The van der Waals surface area contributed by atoms with E-state index in [1.165, 1.54) is 18.5 Å². The van der Waals surface area contributed by atoms with E-state index >= 15 is 0 Å². The van der Waals surface area contributed by atoms with Crippen LogP contribution in [0.4, 0.5) is 0 Å². The molecule has 0 saturated heterocycles. The Morgan fingerprint density at radius 1 is 1.25 bits per heavy atom. The maximum Gasteiger partial charge on any atom is 0.0849 e. The van der Waals surface area contributed by atoms with E-state index in [9.17, 15) is 0 Å². The van der Waals surface area contributed by atoms with Crippen molar-refractivity contribution in [2.24, 2.45) is 5.92 Å². The van der Waals surface area contributed by atoms with Crippen LogP contribution in [0.15, 0.2) is 0 Å². The van der Waals surface area contributed by atoms with E-state index in [4.69, 9.17) is 11.6 Å². The number of nitrogens with one attached hydrogen (secondary N) is 1. The van der Waals surface area contributed by atoms with Crippen LogP contribution >= 0.6 is 11.6 Å². The van der Waals surface area contributed by atoms with E-state index in [1.807, 2.05) is 0 Å². The quantitative estimate of drug-likeness (QED) is 0.745. The van der Waals surface area contributed by atoms with Gasteiger partial charge >= 0.3 is 0 Å². The largest absolute Gasteiger partial charge is 0.314 e. The summed E-state index contributed by atoms with van der Waals surface area (Å²) >= 11 is 6.51. The Hall–Kier alpha value is -0.540. The predicted octanol–water partition coefficient (Wildman–Crippen LogP) is 4.08. The zero-order valence-electron chi connectivity index (χ0n) is 13.7. The minimum atomic E-state index is 0.534. The summed E-state index contributed by atoms with van der Waals surface area (Å²) in [5.41, 5.74) is 2.26. The highest BCUT2D eigenvalue weighted by atomic mass is 35.5. The zero-order valence-corrected chi connectivity index (χ0v) is 14.4. The fraction of sp³-hybridized carbons (Fsp3) is 0.812. The third-order valence-corrected chi connectivity index (χ3v) is 4.12. The highest BCUT2D eigenvalue weighted by Crippen LogP contribution is 2.25. The molecule has 0 aliphatic carbocycles. The number of halogens is 1. The molecule has 0 fully saturated rings. The monoisotopic (exact) mass is 299 g/mol. The van der Waals surface area contributed by atoms with Crippen molar-refractivity contribution in [2.75, 3.05) is 6.54 Å². The molecular weight excluding hydrogens is 270 g/mol. The van der Waals surface area contributed by atoms with Gasteiger partial charge in [0.15, 0.2) is 0 Å². The van der Waals surface area contributed by atoms with Gasteiger partial charge < -0.3 is 5.32 Å². The summed E-state index contributed by atoms with van der Waals surface area (Å²) in [4.78, 5) is 0. The molecule has 4 heteroatoms. The average Bonchev–Trinajstić information content (AvgIpc) is 2.72. The molecule has 0 radical (unpaired) electrons. The molecule has 0 amide bonds. The van der Waals surface area contributed by atoms with E-state index in [0.717, 1.165) is 36.6 Å². The second-order valence-electron chi connectivity index (χ2n) is 5.80. The summed E-state index contributed by atoms with van der Waals surface area (Å²) in [6, 6.07) is 0.534. The Morgan fingerprint density at radius 3 is 2.45 bits per heavy atom. The van der Waals surface area contributed by atoms with Crippen molar-refractivity contribution in [3.63, 3.8) is 0 Å². The molecule has 1 heterocycles. The summed E-state index contributed by atoms with van der Waals surface area (Å²) < 4.78 is 2.08. The first-order chi connectivity index (χ1) is 9.53. The molecule has 0 aliphatic rings. The molecule has 0 spiro atoms. The molecule has 0 aliphatic heterocycles. The lowest BCUT2D eigenvalue weighted by Gasteiger charge is -2.19. The van der Waals surface area contributed by atoms with Gasteiger partial charge in [0.25, 0.3) is 0 Å². The predicted molar refractivity (Wildman–Crippen MR) is 87.5 cm³/mol. The van der Waals surface area contributed by atoms with E-state index in [2.05, 4.69) is 49.7 Å². The summed E-state index contributed by atoms with van der Waals surface area (Å²) in [5, 5.41) is 9.06. The first kappa shape index (κ1) is 17.5. The highest BCUT2D eigenvalue weighted by molar-refractivity contribution is 6.31. The van der Waals surface area contributed by atoms with Crippen LogP contribution in [0.2, 0.25) is 5.02 Å². The van der Waals surface area contributed by atoms with Gasteiger partial charge in [0, 0.05) is 12.6 Å². The van der Waals surface area contributed by atoms with Gasteiger partial charge in [0.05, 0.1) is 16.4 Å². The van der Waals surface area contributed by atoms with Crippen LogP contribution < -0.4 is 5.32 Å². The topological polar surface area (TPSA) is 29.9 Å². The van der Waals surface area contributed by atoms with Crippen LogP contribution in [0.5, 0.6) is 0 Å². The summed E-state index contributed by atoms with van der Waals surface area (Å²) in [7, 11) is 0. The van der Waals surface area contributed by atoms with Crippen LogP contribution in [0.3, 0.4) is 0 Å². The Kier molecular flexibility index (Phi) is 7.60. The van der Waals surface area contributed by atoms with Gasteiger partial charge in [-0.05, 0) is 38.6 Å². The average molecular weight is 300 g/mol. The summed E-state index contributed by atoms with van der Waals surface area (Å²) in [6.45, 7) is 12.8. The van der Waals surface area contributed by atoms with Gasteiger partial charge in [-0.1, -0.05) is 45.7 Å². The molecule has 1 unspecified atom stereocenters. The molecule has 20 heavy (non-hydrogen) atoms. The molecule has 0 bridgehead atoms. The van der Waals surface area contributed by atoms with Gasteiger partial charge in [-0.3, -0.25) is 4.68 Å². The SMILES string of the molecule is CCCC(CNC(C)C)Cc1c(Cl)c(CC)nn1CC. The minimum absolute atomic E-state index is 0.534. The lowest BCUT2D eigenvalue weighted by Crippen LogP contribution is -2.30. The van der Waals surface area contributed by atoms with Crippen LogP contribution in [0, 0.1) is 5.92 Å². The van der Waals surface area contributed by atoms with Crippen molar-refractivity contribution in [2.45, 2.75) is 72.9 Å². The van der Waals surface area contributed by atoms with Gasteiger partial charge in [-0.15, -0.1) is 0 Å². The van der Waals surface area contributed by atoms with Gasteiger partial charge in [0.1, 0.15) is 0 Å². The number of aryl methyl sites for hydroxylation is 2. The normalized spacial score (nSPS) is 13.2. The van der Waals surface area contributed by atoms with Crippen molar-refractivity contribution >= 4 is 11.6 Å². The van der Waals surface area contributed by atoms with E-state index in [-0.39, 0.29) is 0 Å². The highest BCUT2D eigenvalue weighted by Gasteiger charge is 2.18. The van der Waals surface area contributed by atoms with Gasteiger partial charge in [0.2, 0.25) is 0 Å². The Labute approximate surface area is 129 Å². The van der Waals surface area contributed by atoms with Crippen LogP contribution in [0.25, 0.3) is 0 Å². The third-order valence-electron chi connectivity index (χ3n) is 3.69. The number of nitrogens with zero attached hydrogens (tertiary/aromatic N) is 2. The Balaban J connectivity index is 2.83. The molecule has 0 aromatic carbocycles. The lowest BCUT2D eigenvalue weighted by molar-refractivity contribution is 0.407. The van der Waals surface area contributed by atoms with Gasteiger partial charge in [-0.2, -0.15) is 5.10 Å². The molecule has 3 nitrogen and oxygen atoms in total. The molecule has 1 rings (SSSR count). The third kappa shape index (κ3) is 4.78. The second-order valence-corrected chi connectivity index (χ2v) is 6.18. The number of rotatable bonds is 9. The second kappa shape index (κ2) is 8.68. The first-order valence-electron chi connectivity index (χ1n) is 8.00. The van der Waals surface area contributed by atoms with Crippen molar-refractivity contribution in [1.82, 2.24) is 15.1 Å². The van der Waals surface area contributed by atoms with Crippen LogP contribution in [-0.4, -0.2) is 22.4 Å². The zero-order chi connectivity index (χ0) is 15.1. The van der Waals surface area contributed by atoms with E-state index in [1.54, 1.807) is 0 Å². The standard InChI is InChI=1S/C16H30ClN3/c1-6-9-13(11-18-12(4)5)10-15-16(17)14(7-2)19-20(15)8-3/h12-13,18H,6-11H2,1-5H3. The summed E-state index contributed by atoms with van der Waals surface area (Å²) in [5.74, 6) is 0.631. The fourth-order valence-electron chi connectivity index (χ4n) is 2.57. The number of hydrogen-bond acceptors (Lipinski definition) is 2. The number of aromatic nitrogens is 2. The fourth-order valence-corrected chi connectivity index (χ4v) is 2.92. The summed E-state index contributed by atoms with van der Waals surface area (Å²) in [6.07, 6.45) is 4.37. The van der Waals surface area contributed by atoms with Crippen molar-refractivity contribution in [1.29, 1.82) is 0 Å². The molecule has 1 atom stereocenters. The molecule has 1 N–H and O–H groups in total. The van der Waals surface area contributed by atoms with Crippen molar-refractivity contribution in [3.05, 3.63) is 16.4 Å². The molecule has 1 aromatic heterocycles. The maximum atomic E-state index is 6.51. The smallest absolute Gasteiger partial charge is 0.0849 e. The van der Waals surface area contributed by atoms with Crippen molar-refractivity contribution in [3.8, 4) is 0 Å². The lowest BCUT2D eigenvalue weighted by atomic mass is 9.97. The molecule has 116 valence electrons. The van der Waals surface area contributed by atoms with E-state index < -0.39 is 0 Å². The molecule has 1 aromatic rings. The minimum Gasteiger partial charge on any atom is -0.314 e. The Morgan fingerprint density at radius 2 is 1.95 bits per heavy atom. The molecular formula is C16H30ClN3. The van der Waals surface area contributed by atoms with Gasteiger partial charge in [-0.25, -0.2) is 0 Å².